The van der Waals surface area contributed by atoms with Crippen LogP contribution in [0.2, 0.25) is 0 Å². The van der Waals surface area contributed by atoms with Gasteiger partial charge in [-0.1, -0.05) is 18.8 Å². The summed E-state index contributed by atoms with van der Waals surface area (Å²) in [6, 6.07) is 1.54. The van der Waals surface area contributed by atoms with Gasteiger partial charge in [0.2, 0.25) is 11.8 Å². The lowest BCUT2D eigenvalue weighted by Gasteiger charge is -2.34. The van der Waals surface area contributed by atoms with Crippen LogP contribution in [0, 0.1) is 29.1 Å². The summed E-state index contributed by atoms with van der Waals surface area (Å²) in [6.45, 7) is 10.8. The molecule has 2 amide bonds. The highest BCUT2D eigenvalue weighted by Gasteiger charge is 2.39. The fourth-order valence-electron chi connectivity index (χ4n) is 4.46. The van der Waals surface area contributed by atoms with E-state index in [1.807, 2.05) is 20.8 Å². The van der Waals surface area contributed by atoms with E-state index in [-0.39, 0.29) is 34.1 Å². The number of carboxylic acid groups (broad SMARTS) is 1. The molecule has 7 heteroatoms. The summed E-state index contributed by atoms with van der Waals surface area (Å²) in [5.41, 5.74) is 0.217. The topological polar surface area (TPSA) is 77.9 Å². The molecule has 1 N–H and O–H groups in total. The van der Waals surface area contributed by atoms with Gasteiger partial charge in [0.1, 0.15) is 4.88 Å². The fourth-order valence-corrected chi connectivity index (χ4v) is 5.30. The van der Waals surface area contributed by atoms with Gasteiger partial charge in [0.15, 0.2) is 0 Å². The van der Waals surface area contributed by atoms with Gasteiger partial charge in [-0.3, -0.25) is 9.59 Å². The van der Waals surface area contributed by atoms with Crippen molar-refractivity contribution in [2.45, 2.75) is 72.8 Å². The molecule has 1 saturated heterocycles. The minimum Gasteiger partial charge on any atom is -0.477 e. The van der Waals surface area contributed by atoms with Gasteiger partial charge in [-0.05, 0) is 64.9 Å². The zero-order chi connectivity index (χ0) is 23.6. The first-order valence-electron chi connectivity index (χ1n) is 11.4. The molecule has 6 nitrogen and oxygen atoms in total. The molecule has 0 spiro atoms. The molecule has 3 rings (SSSR count). The number of thiophene rings is 1. The summed E-state index contributed by atoms with van der Waals surface area (Å²) >= 11 is 1.12. The highest BCUT2D eigenvalue weighted by Crippen LogP contribution is 2.37. The number of nitrogens with zero attached hydrogens (tertiary/aromatic N) is 2. The Morgan fingerprint density at radius 2 is 1.81 bits per heavy atom. The molecule has 0 bridgehead atoms. The van der Waals surface area contributed by atoms with Crippen molar-refractivity contribution in [3.63, 3.8) is 0 Å². The van der Waals surface area contributed by atoms with Crippen molar-refractivity contribution in [3.8, 4) is 11.8 Å². The SMILES string of the molecule is CC(=O)N1CCC(N(C(=O)C2CCC(C)CC2)c2cc(C#CC(C)(C)C)sc2C(=O)O)C1. The Hall–Kier alpha value is -2.33. The van der Waals surface area contributed by atoms with Crippen LogP contribution in [-0.4, -0.2) is 46.9 Å². The molecule has 1 aromatic rings. The Labute approximate surface area is 195 Å². The van der Waals surface area contributed by atoms with Crippen LogP contribution in [0.1, 0.15) is 81.3 Å². The van der Waals surface area contributed by atoms with Gasteiger partial charge in [-0.2, -0.15) is 0 Å². The van der Waals surface area contributed by atoms with Crippen LogP contribution in [0.4, 0.5) is 5.69 Å². The average molecular weight is 459 g/mol. The second kappa shape index (κ2) is 9.66. The lowest BCUT2D eigenvalue weighted by molar-refractivity contribution is -0.128. The van der Waals surface area contributed by atoms with Crippen LogP contribution in [0.5, 0.6) is 0 Å². The van der Waals surface area contributed by atoms with Gasteiger partial charge in [0.25, 0.3) is 0 Å². The Morgan fingerprint density at radius 3 is 2.34 bits per heavy atom. The summed E-state index contributed by atoms with van der Waals surface area (Å²) in [4.78, 5) is 42.0. The fraction of sp³-hybridized carbons (Fsp3) is 0.640. The van der Waals surface area contributed by atoms with Crippen molar-refractivity contribution >= 4 is 34.8 Å². The molecule has 2 fully saturated rings. The Morgan fingerprint density at radius 1 is 1.16 bits per heavy atom. The number of likely N-dealkylation sites (tertiary alicyclic amines) is 1. The number of aromatic carboxylic acids is 1. The molecule has 1 aliphatic carbocycles. The minimum atomic E-state index is -1.05. The van der Waals surface area contributed by atoms with Gasteiger partial charge < -0.3 is 14.9 Å². The summed E-state index contributed by atoms with van der Waals surface area (Å²) in [5.74, 6) is 5.68. The minimum absolute atomic E-state index is 0.0112. The lowest BCUT2D eigenvalue weighted by atomic mass is 9.82. The summed E-state index contributed by atoms with van der Waals surface area (Å²) < 4.78 is 0. The van der Waals surface area contributed by atoms with Gasteiger partial charge in [-0.25, -0.2) is 4.79 Å². The van der Waals surface area contributed by atoms with Gasteiger partial charge >= 0.3 is 5.97 Å². The van der Waals surface area contributed by atoms with Crippen molar-refractivity contribution in [3.05, 3.63) is 15.8 Å². The third-order valence-corrected chi connectivity index (χ3v) is 7.33. The maximum atomic E-state index is 13.8. The second-order valence-electron chi connectivity index (χ2n) is 10.2. The van der Waals surface area contributed by atoms with E-state index in [1.165, 1.54) is 6.92 Å². The standard InChI is InChI=1S/C25H34N2O4S/c1-16-6-8-18(9-7-16)23(29)27(19-11-13-26(15-19)17(2)28)21-14-20(10-12-25(3,4)5)32-22(21)24(30)31/h14,16,18-19H,6-9,11,13,15H2,1-5H3,(H,30,31). The zero-order valence-corrected chi connectivity index (χ0v) is 20.6. The number of amides is 2. The molecule has 1 aliphatic heterocycles. The van der Waals surface area contributed by atoms with Gasteiger partial charge in [0.05, 0.1) is 16.6 Å². The molecule has 32 heavy (non-hydrogen) atoms. The predicted octanol–water partition coefficient (Wildman–Crippen LogP) is 4.62. The maximum absolute atomic E-state index is 13.8. The Kier molecular flexibility index (Phi) is 7.34. The molecule has 1 atom stereocenters. The molecule has 2 heterocycles. The molecule has 0 radical (unpaired) electrons. The number of hydrogen-bond donors (Lipinski definition) is 1. The highest BCUT2D eigenvalue weighted by atomic mass is 32.1. The monoisotopic (exact) mass is 458 g/mol. The number of rotatable bonds is 4. The molecule has 1 aromatic heterocycles. The van der Waals surface area contributed by atoms with Crippen LogP contribution >= 0.6 is 11.3 Å². The normalized spacial score (nSPS) is 23.4. The van der Waals surface area contributed by atoms with Crippen molar-refractivity contribution in [2.24, 2.45) is 17.3 Å². The quantitative estimate of drug-likeness (QED) is 0.668. The molecule has 174 valence electrons. The van der Waals surface area contributed by atoms with Gasteiger partial charge in [0, 0.05) is 31.3 Å². The molecule has 1 saturated carbocycles. The van der Waals surface area contributed by atoms with E-state index in [0.717, 1.165) is 37.0 Å². The number of carbonyl (C=O) groups excluding carboxylic acids is 2. The summed E-state index contributed by atoms with van der Waals surface area (Å²) in [5, 5.41) is 9.93. The van der Waals surface area contributed by atoms with E-state index < -0.39 is 5.97 Å². The van der Waals surface area contributed by atoms with Crippen molar-refractivity contribution < 1.29 is 19.5 Å². The molecule has 1 unspecified atom stereocenters. The van der Waals surface area contributed by atoms with E-state index >= 15 is 0 Å². The second-order valence-corrected chi connectivity index (χ2v) is 11.3. The summed E-state index contributed by atoms with van der Waals surface area (Å²) in [6.07, 6.45) is 4.30. The van der Waals surface area contributed by atoms with Crippen molar-refractivity contribution in [1.82, 2.24) is 4.90 Å². The van der Waals surface area contributed by atoms with E-state index in [0.29, 0.717) is 36.0 Å². The van der Waals surface area contributed by atoms with Crippen LogP contribution in [-0.2, 0) is 9.59 Å². The maximum Gasteiger partial charge on any atom is 0.348 e. The number of carboxylic acids is 1. The molecule has 0 aromatic carbocycles. The smallest absolute Gasteiger partial charge is 0.348 e. The third kappa shape index (κ3) is 5.72. The van der Waals surface area contributed by atoms with Crippen LogP contribution in [0.3, 0.4) is 0 Å². The number of anilines is 1. The molecular weight excluding hydrogens is 424 g/mol. The largest absolute Gasteiger partial charge is 0.477 e. The predicted molar refractivity (Wildman–Crippen MR) is 127 cm³/mol. The number of carbonyl (C=O) groups is 3. The highest BCUT2D eigenvalue weighted by molar-refractivity contribution is 7.15. The number of hydrogen-bond acceptors (Lipinski definition) is 4. The lowest BCUT2D eigenvalue weighted by Crippen LogP contribution is -2.46. The van der Waals surface area contributed by atoms with Crippen molar-refractivity contribution in [2.75, 3.05) is 18.0 Å². The van der Waals surface area contributed by atoms with E-state index in [2.05, 4.69) is 18.8 Å². The van der Waals surface area contributed by atoms with Crippen LogP contribution < -0.4 is 4.90 Å². The van der Waals surface area contributed by atoms with Gasteiger partial charge in [-0.15, -0.1) is 11.3 Å². The van der Waals surface area contributed by atoms with Crippen LogP contribution in [0.25, 0.3) is 0 Å². The first-order valence-corrected chi connectivity index (χ1v) is 12.3. The molecule has 2 aliphatic rings. The first-order chi connectivity index (χ1) is 15.0. The molecular formula is C25H34N2O4S. The van der Waals surface area contributed by atoms with E-state index in [1.54, 1.807) is 15.9 Å². The van der Waals surface area contributed by atoms with Crippen molar-refractivity contribution in [1.29, 1.82) is 0 Å². The van der Waals surface area contributed by atoms with Crippen LogP contribution in [0.15, 0.2) is 6.07 Å². The Balaban J connectivity index is 2.01. The average Bonchev–Trinajstić information content (AvgIpc) is 3.35. The summed E-state index contributed by atoms with van der Waals surface area (Å²) in [7, 11) is 0. The van der Waals surface area contributed by atoms with E-state index in [4.69, 9.17) is 0 Å². The first kappa shape index (κ1) is 24.3. The third-order valence-electron chi connectivity index (χ3n) is 6.30. The Bertz CT molecular complexity index is 941. The zero-order valence-electron chi connectivity index (χ0n) is 19.7. The van der Waals surface area contributed by atoms with E-state index in [9.17, 15) is 19.5 Å².